The third kappa shape index (κ3) is 14.4. The van der Waals surface area contributed by atoms with Gasteiger partial charge in [0.2, 0.25) is 5.91 Å². The van der Waals surface area contributed by atoms with Gasteiger partial charge in [-0.25, -0.2) is 9.59 Å². The lowest BCUT2D eigenvalue weighted by Crippen LogP contribution is -2.54. The summed E-state index contributed by atoms with van der Waals surface area (Å²) in [6.07, 6.45) is 14.4. The first-order chi connectivity index (χ1) is 23.1. The third-order valence-electron chi connectivity index (χ3n) is 8.41. The van der Waals surface area contributed by atoms with E-state index in [1.54, 1.807) is 37.3 Å². The number of unbranched alkanes of at least 4 members (excludes halogenated alkanes) is 8. The smallest absolute Gasteiger partial charge is 0.336 e. The second kappa shape index (κ2) is 22.6. The number of Topliss-reactive ketones (excluding diaryl/α,β-unsaturated/α-hetero) is 1. The van der Waals surface area contributed by atoms with Gasteiger partial charge in [0.05, 0.1) is 13.0 Å². The lowest BCUT2D eigenvalue weighted by Gasteiger charge is -2.30. The van der Waals surface area contributed by atoms with E-state index in [1.807, 2.05) is 30.3 Å². The van der Waals surface area contributed by atoms with Crippen LogP contribution in [0.25, 0.3) is 0 Å². The van der Waals surface area contributed by atoms with Gasteiger partial charge in [-0.3, -0.25) is 9.59 Å². The van der Waals surface area contributed by atoms with E-state index in [1.165, 1.54) is 32.4 Å². The van der Waals surface area contributed by atoms with Crippen molar-refractivity contribution in [1.82, 2.24) is 5.32 Å². The highest BCUT2D eigenvalue weighted by Gasteiger charge is 2.46. The van der Waals surface area contributed by atoms with Gasteiger partial charge >= 0.3 is 11.9 Å². The number of aliphatic hydroxyl groups is 1. The first-order valence-corrected chi connectivity index (χ1v) is 17.5. The molecule has 3 N–H and O–H groups in total. The van der Waals surface area contributed by atoms with Crippen molar-refractivity contribution in [3.8, 4) is 11.5 Å². The number of para-hydroxylation sites is 1. The Bertz CT molecular complexity index is 1280. The lowest BCUT2D eigenvalue weighted by atomic mass is 9.82. The molecule has 0 unspecified atom stereocenters. The summed E-state index contributed by atoms with van der Waals surface area (Å²) in [6, 6.07) is 15.2. The molecule has 0 aromatic heterocycles. The third-order valence-corrected chi connectivity index (χ3v) is 8.41. The number of amides is 1. The monoisotopic (exact) mass is 665 g/mol. The molecule has 0 bridgehead atoms. The van der Waals surface area contributed by atoms with Crippen LogP contribution in [0.2, 0.25) is 0 Å². The fraction of sp³-hybridized carbons (Fsp3) is 0.538. The van der Waals surface area contributed by atoms with Gasteiger partial charge < -0.3 is 25.0 Å². The van der Waals surface area contributed by atoms with Crippen molar-refractivity contribution >= 4 is 23.6 Å². The number of hydrogen-bond donors (Lipinski definition) is 3. The number of allylic oxidation sites excluding steroid dienone is 1. The molecule has 1 amide bonds. The Balaban J connectivity index is 1.99. The zero-order valence-corrected chi connectivity index (χ0v) is 29.0. The number of carboxylic acids is 1. The Kier molecular flexibility index (Phi) is 18.9. The summed E-state index contributed by atoms with van der Waals surface area (Å²) in [5.74, 6) is -2.81. The summed E-state index contributed by atoms with van der Waals surface area (Å²) >= 11 is 0. The van der Waals surface area contributed by atoms with E-state index in [0.717, 1.165) is 38.5 Å². The van der Waals surface area contributed by atoms with E-state index in [-0.39, 0.29) is 12.8 Å². The number of carbonyl (C=O) groups is 4. The van der Waals surface area contributed by atoms with E-state index in [2.05, 4.69) is 12.2 Å². The highest BCUT2D eigenvalue weighted by Crippen LogP contribution is 2.27. The largest absolute Gasteiger partial charge is 0.479 e. The van der Waals surface area contributed by atoms with E-state index >= 15 is 0 Å². The van der Waals surface area contributed by atoms with E-state index in [4.69, 9.17) is 9.47 Å². The molecule has 0 fully saturated rings. The summed E-state index contributed by atoms with van der Waals surface area (Å²) in [7, 11) is 1.21. The quantitative estimate of drug-likeness (QED) is 0.0556. The molecule has 0 aliphatic heterocycles. The van der Waals surface area contributed by atoms with Gasteiger partial charge in [-0.15, -0.1) is 0 Å². The normalized spacial score (nSPS) is 13.8. The number of nitrogens with one attached hydrogen (secondary N) is 1. The maximum absolute atomic E-state index is 13.6. The van der Waals surface area contributed by atoms with Crippen LogP contribution in [0.4, 0.5) is 0 Å². The Morgan fingerprint density at radius 2 is 1.42 bits per heavy atom. The van der Waals surface area contributed by atoms with Gasteiger partial charge in [-0.2, -0.15) is 0 Å². The predicted molar refractivity (Wildman–Crippen MR) is 187 cm³/mol. The van der Waals surface area contributed by atoms with Crippen LogP contribution in [0.15, 0.2) is 66.7 Å². The number of esters is 1. The van der Waals surface area contributed by atoms with Gasteiger partial charge in [0.15, 0.2) is 5.60 Å². The van der Waals surface area contributed by atoms with Crippen molar-refractivity contribution in [2.75, 3.05) is 7.11 Å². The SMILES string of the molecule is CCCCCCCC(=O)CCCCCC/C=C/[C@H](C(=O)N[C@@H](Cc1ccc(Oc2ccccc2)cc1)C(=O)OC)[C@@](O)(CCC)C(=O)O. The minimum atomic E-state index is -2.36. The van der Waals surface area contributed by atoms with Crippen LogP contribution >= 0.6 is 0 Å². The molecule has 0 heterocycles. The average molecular weight is 666 g/mol. The standard InChI is InChI=1S/C39H55NO8/c1-4-6-7-10-14-19-31(41)20-15-11-8-9-12-18-23-34(39(46,28-5-2)38(44)45)36(42)40-35(37(43)47-3)29-30-24-26-33(27-25-30)48-32-21-16-13-17-22-32/h13,16-18,21-27,34-35,46H,4-12,14-15,19-20,28-29H2,1-3H3,(H,40,42)(H,44,45)/b23-18+/t34-,35+,39+/m1/s1. The van der Waals surface area contributed by atoms with Gasteiger partial charge in [0.25, 0.3) is 0 Å². The lowest BCUT2D eigenvalue weighted by molar-refractivity contribution is -0.167. The van der Waals surface area contributed by atoms with Gasteiger partial charge in [0, 0.05) is 19.3 Å². The van der Waals surface area contributed by atoms with Crippen LogP contribution in [0.5, 0.6) is 11.5 Å². The minimum Gasteiger partial charge on any atom is -0.479 e. The molecule has 48 heavy (non-hydrogen) atoms. The second-order valence-electron chi connectivity index (χ2n) is 12.4. The van der Waals surface area contributed by atoms with Crippen molar-refractivity contribution in [3.05, 3.63) is 72.3 Å². The topological polar surface area (TPSA) is 139 Å². The Morgan fingerprint density at radius 3 is 2.00 bits per heavy atom. The first-order valence-electron chi connectivity index (χ1n) is 17.5. The molecule has 0 saturated heterocycles. The molecule has 0 aliphatic rings. The first kappa shape index (κ1) is 40.2. The number of hydrogen-bond acceptors (Lipinski definition) is 7. The van der Waals surface area contributed by atoms with Crippen molar-refractivity contribution in [3.63, 3.8) is 0 Å². The summed E-state index contributed by atoms with van der Waals surface area (Å²) in [6.45, 7) is 3.90. The number of aliphatic carboxylic acids is 1. The molecule has 0 aliphatic carbocycles. The number of methoxy groups -OCH3 is 1. The molecular formula is C39H55NO8. The van der Waals surface area contributed by atoms with Crippen molar-refractivity contribution in [2.45, 2.75) is 122 Å². The fourth-order valence-electron chi connectivity index (χ4n) is 5.61. The summed E-state index contributed by atoms with van der Waals surface area (Å²) in [4.78, 5) is 50.7. The number of ether oxygens (including phenoxy) is 2. The van der Waals surface area contributed by atoms with Gasteiger partial charge in [-0.1, -0.05) is 101 Å². The fourth-order valence-corrected chi connectivity index (χ4v) is 5.61. The van der Waals surface area contributed by atoms with Crippen LogP contribution in [0, 0.1) is 5.92 Å². The molecule has 9 nitrogen and oxygen atoms in total. The molecule has 0 radical (unpaired) electrons. The molecule has 2 rings (SSSR count). The molecule has 0 saturated carbocycles. The summed E-state index contributed by atoms with van der Waals surface area (Å²) < 4.78 is 10.8. The molecule has 264 valence electrons. The summed E-state index contributed by atoms with van der Waals surface area (Å²) in [5.41, 5.74) is -1.64. The molecular weight excluding hydrogens is 610 g/mol. The number of benzene rings is 2. The van der Waals surface area contributed by atoms with Crippen LogP contribution in [0.1, 0.15) is 109 Å². The number of carbonyl (C=O) groups excluding carboxylic acids is 3. The maximum atomic E-state index is 13.6. The van der Waals surface area contributed by atoms with Crippen LogP contribution in [0.3, 0.4) is 0 Å². The van der Waals surface area contributed by atoms with E-state index in [9.17, 15) is 29.4 Å². The highest BCUT2D eigenvalue weighted by atomic mass is 16.5. The Hall–Kier alpha value is -3.98. The molecule has 9 heteroatoms. The minimum absolute atomic E-state index is 0.0844. The molecule has 2 aromatic carbocycles. The van der Waals surface area contributed by atoms with E-state index in [0.29, 0.717) is 48.5 Å². The molecule has 2 aromatic rings. The average Bonchev–Trinajstić information content (AvgIpc) is 3.08. The maximum Gasteiger partial charge on any atom is 0.336 e. The van der Waals surface area contributed by atoms with Gasteiger partial charge in [-0.05, 0) is 61.9 Å². The molecule has 0 spiro atoms. The highest BCUT2D eigenvalue weighted by molar-refractivity contribution is 5.92. The van der Waals surface area contributed by atoms with Crippen LogP contribution < -0.4 is 10.1 Å². The second-order valence-corrected chi connectivity index (χ2v) is 12.4. The molecule has 3 atom stereocenters. The number of carboxylic acid groups (broad SMARTS) is 1. The van der Waals surface area contributed by atoms with Crippen molar-refractivity contribution in [2.24, 2.45) is 5.92 Å². The van der Waals surface area contributed by atoms with Crippen molar-refractivity contribution in [1.29, 1.82) is 0 Å². The number of ketones is 1. The number of rotatable bonds is 25. The predicted octanol–water partition coefficient (Wildman–Crippen LogP) is 7.74. The zero-order chi connectivity index (χ0) is 35.2. The van der Waals surface area contributed by atoms with Crippen LogP contribution in [-0.2, 0) is 30.3 Å². The van der Waals surface area contributed by atoms with Crippen LogP contribution in [-0.4, -0.2) is 52.6 Å². The van der Waals surface area contributed by atoms with Gasteiger partial charge in [0.1, 0.15) is 23.3 Å². The Morgan fingerprint density at radius 1 is 0.812 bits per heavy atom. The van der Waals surface area contributed by atoms with Crippen molar-refractivity contribution < 1.29 is 38.9 Å². The summed E-state index contributed by atoms with van der Waals surface area (Å²) in [5, 5.41) is 23.8. The van der Waals surface area contributed by atoms with E-state index < -0.39 is 35.4 Å². The zero-order valence-electron chi connectivity index (χ0n) is 29.0. The Labute approximate surface area is 286 Å².